The van der Waals surface area contributed by atoms with Crippen LogP contribution in [0.15, 0.2) is 18.6 Å². The first kappa shape index (κ1) is 17.8. The number of aromatic amines is 1. The maximum atomic E-state index is 13.0. The predicted molar refractivity (Wildman–Crippen MR) is 110 cm³/mol. The summed E-state index contributed by atoms with van der Waals surface area (Å²) >= 11 is 1.52. The fraction of sp³-hybridized carbons (Fsp3) is 0.500. The number of carbonyl (C=O) groups is 1. The van der Waals surface area contributed by atoms with Gasteiger partial charge in [-0.1, -0.05) is 0 Å². The summed E-state index contributed by atoms with van der Waals surface area (Å²) in [5, 5.41) is 2.03. The van der Waals surface area contributed by atoms with Crippen molar-refractivity contribution >= 4 is 34.0 Å². The zero-order chi connectivity index (χ0) is 19.3. The number of H-pyrrole nitrogens is 1. The number of Topliss-reactive ketones (excluding diaryl/α,β-unsaturated/α-hetero) is 1. The van der Waals surface area contributed by atoms with Gasteiger partial charge in [-0.3, -0.25) is 9.69 Å². The number of nitrogens with one attached hydrogen (secondary N) is 1. The number of rotatable bonds is 4. The Morgan fingerprint density at radius 1 is 1.29 bits per heavy atom. The Morgan fingerprint density at radius 2 is 2.14 bits per heavy atom. The van der Waals surface area contributed by atoms with Crippen molar-refractivity contribution in [3.8, 4) is 0 Å². The minimum Gasteiger partial charge on any atom is -0.354 e. The summed E-state index contributed by atoms with van der Waals surface area (Å²) in [7, 11) is 0. The molecule has 3 aromatic rings. The van der Waals surface area contributed by atoms with E-state index >= 15 is 0 Å². The zero-order valence-corrected chi connectivity index (χ0v) is 17.1. The molecule has 1 spiro atoms. The molecule has 28 heavy (non-hydrogen) atoms. The second kappa shape index (κ2) is 6.63. The quantitative estimate of drug-likeness (QED) is 0.683. The van der Waals surface area contributed by atoms with E-state index in [0.717, 1.165) is 71.3 Å². The van der Waals surface area contributed by atoms with Gasteiger partial charge < -0.3 is 9.88 Å². The van der Waals surface area contributed by atoms with Gasteiger partial charge in [0, 0.05) is 31.4 Å². The summed E-state index contributed by atoms with van der Waals surface area (Å²) in [5.74, 6) is 1.21. The fourth-order valence-corrected chi connectivity index (χ4v) is 5.27. The van der Waals surface area contributed by atoms with Crippen LogP contribution in [0.1, 0.15) is 39.6 Å². The number of nitrogens with zero attached hydrogens (tertiary/aromatic N) is 5. The second-order valence-corrected chi connectivity index (χ2v) is 9.13. The Morgan fingerprint density at radius 3 is 2.89 bits per heavy atom. The molecule has 1 aliphatic heterocycles. The standard InChI is InChI=1S/C20H24N6OS/c1-13-17(28-14(2)24-13)16(27)10-26-9-3-8-25(11-20(26)5-6-20)19-15-4-7-21-18(15)22-12-23-19/h4,7,12H,3,5-6,8-11H2,1-2H3,(H,21,22,23). The lowest BCUT2D eigenvalue weighted by atomic mass is 10.1. The van der Waals surface area contributed by atoms with E-state index in [1.165, 1.54) is 11.3 Å². The van der Waals surface area contributed by atoms with Crippen molar-refractivity contribution in [2.24, 2.45) is 0 Å². The van der Waals surface area contributed by atoms with Gasteiger partial charge in [-0.15, -0.1) is 11.3 Å². The Labute approximate surface area is 167 Å². The van der Waals surface area contributed by atoms with Crippen molar-refractivity contribution < 1.29 is 4.79 Å². The van der Waals surface area contributed by atoms with Crippen molar-refractivity contribution in [3.05, 3.63) is 34.2 Å². The van der Waals surface area contributed by atoms with Crippen LogP contribution in [0, 0.1) is 13.8 Å². The number of hydrogen-bond donors (Lipinski definition) is 1. The van der Waals surface area contributed by atoms with Crippen LogP contribution in [-0.2, 0) is 0 Å². The van der Waals surface area contributed by atoms with Crippen molar-refractivity contribution in [3.63, 3.8) is 0 Å². The molecule has 0 atom stereocenters. The molecule has 0 aromatic carbocycles. The highest BCUT2D eigenvalue weighted by atomic mass is 32.1. The number of carbonyl (C=O) groups excluding carboxylic acids is 1. The largest absolute Gasteiger partial charge is 0.354 e. The highest BCUT2D eigenvalue weighted by molar-refractivity contribution is 7.13. The summed E-state index contributed by atoms with van der Waals surface area (Å²) in [4.78, 5) is 35.1. The lowest BCUT2D eigenvalue weighted by molar-refractivity contribution is 0.0888. The summed E-state index contributed by atoms with van der Waals surface area (Å²) in [6.45, 7) is 7.19. The van der Waals surface area contributed by atoms with Crippen LogP contribution in [0.3, 0.4) is 0 Å². The predicted octanol–water partition coefficient (Wildman–Crippen LogP) is 2.96. The van der Waals surface area contributed by atoms with Crippen LogP contribution in [-0.4, -0.2) is 62.3 Å². The van der Waals surface area contributed by atoms with Crippen LogP contribution in [0.25, 0.3) is 11.0 Å². The average molecular weight is 397 g/mol. The Bertz CT molecular complexity index is 1040. The lowest BCUT2D eigenvalue weighted by Crippen LogP contribution is -2.45. The van der Waals surface area contributed by atoms with Crippen molar-refractivity contribution in [2.75, 3.05) is 31.1 Å². The maximum Gasteiger partial charge on any atom is 0.188 e. The molecule has 4 heterocycles. The molecule has 7 nitrogen and oxygen atoms in total. The highest BCUT2D eigenvalue weighted by Crippen LogP contribution is 2.45. The summed E-state index contributed by atoms with van der Waals surface area (Å²) < 4.78 is 0. The number of hydrogen-bond acceptors (Lipinski definition) is 7. The Balaban J connectivity index is 1.38. The molecule has 0 unspecified atom stereocenters. The minimum absolute atomic E-state index is 0.0907. The lowest BCUT2D eigenvalue weighted by Gasteiger charge is -2.32. The SMILES string of the molecule is Cc1nc(C)c(C(=O)CN2CCCN(c3ncnc4[nH]ccc34)CC23CC3)s1. The van der Waals surface area contributed by atoms with Crippen LogP contribution in [0.5, 0.6) is 0 Å². The fourth-order valence-electron chi connectivity index (χ4n) is 4.42. The van der Waals surface area contributed by atoms with Gasteiger partial charge in [0.25, 0.3) is 0 Å². The van der Waals surface area contributed by atoms with E-state index < -0.39 is 0 Å². The van der Waals surface area contributed by atoms with Gasteiger partial charge in [0.1, 0.15) is 17.8 Å². The Hall–Kier alpha value is -2.32. The van der Waals surface area contributed by atoms with E-state index in [0.29, 0.717) is 6.54 Å². The van der Waals surface area contributed by atoms with E-state index in [2.05, 4.69) is 29.7 Å². The van der Waals surface area contributed by atoms with Gasteiger partial charge in [0.2, 0.25) is 0 Å². The van der Waals surface area contributed by atoms with Crippen molar-refractivity contribution in [2.45, 2.75) is 38.6 Å². The van der Waals surface area contributed by atoms with E-state index in [1.807, 2.05) is 26.1 Å². The summed E-state index contributed by atoms with van der Waals surface area (Å²) in [6, 6.07) is 2.05. The van der Waals surface area contributed by atoms with Gasteiger partial charge in [-0.2, -0.15) is 0 Å². The van der Waals surface area contributed by atoms with E-state index in [9.17, 15) is 4.79 Å². The molecule has 1 aliphatic carbocycles. The van der Waals surface area contributed by atoms with Gasteiger partial charge in [0.15, 0.2) is 5.78 Å². The molecule has 146 valence electrons. The van der Waals surface area contributed by atoms with Crippen molar-refractivity contribution in [1.29, 1.82) is 0 Å². The number of thiazole rings is 1. The number of aryl methyl sites for hydroxylation is 2. The molecule has 5 rings (SSSR count). The van der Waals surface area contributed by atoms with Crippen LogP contribution >= 0.6 is 11.3 Å². The molecule has 3 aromatic heterocycles. The van der Waals surface area contributed by atoms with Crippen LogP contribution < -0.4 is 4.90 Å². The molecule has 1 saturated carbocycles. The molecule has 0 amide bonds. The third kappa shape index (κ3) is 3.00. The number of fused-ring (bicyclic) bond motifs is 1. The molecule has 2 fully saturated rings. The van der Waals surface area contributed by atoms with Crippen molar-refractivity contribution in [1.82, 2.24) is 24.8 Å². The van der Waals surface area contributed by atoms with E-state index in [-0.39, 0.29) is 11.3 Å². The third-order valence-electron chi connectivity index (χ3n) is 5.96. The molecule has 0 radical (unpaired) electrons. The second-order valence-electron chi connectivity index (χ2n) is 7.93. The molecule has 0 bridgehead atoms. The molecule has 1 N–H and O–H groups in total. The Kier molecular flexibility index (Phi) is 4.21. The molecule has 1 saturated heterocycles. The minimum atomic E-state index is 0.0907. The molecule has 2 aliphatic rings. The highest BCUT2D eigenvalue weighted by Gasteiger charge is 2.50. The maximum absolute atomic E-state index is 13.0. The first-order valence-corrected chi connectivity index (χ1v) is 10.6. The first-order chi connectivity index (χ1) is 13.6. The summed E-state index contributed by atoms with van der Waals surface area (Å²) in [5.41, 5.74) is 1.83. The van der Waals surface area contributed by atoms with Gasteiger partial charge in [0.05, 0.1) is 27.5 Å². The molecular formula is C20H24N6OS. The summed E-state index contributed by atoms with van der Waals surface area (Å²) in [6.07, 6.45) is 6.84. The monoisotopic (exact) mass is 396 g/mol. The number of anilines is 1. The zero-order valence-electron chi connectivity index (χ0n) is 16.2. The molecule has 8 heteroatoms. The first-order valence-electron chi connectivity index (χ1n) is 9.81. The van der Waals surface area contributed by atoms with E-state index in [1.54, 1.807) is 6.33 Å². The van der Waals surface area contributed by atoms with Gasteiger partial charge >= 0.3 is 0 Å². The van der Waals surface area contributed by atoms with E-state index in [4.69, 9.17) is 0 Å². The smallest absolute Gasteiger partial charge is 0.188 e. The number of aromatic nitrogens is 4. The normalized spacial score (nSPS) is 19.3. The molecular weight excluding hydrogens is 372 g/mol. The topological polar surface area (TPSA) is 78.0 Å². The van der Waals surface area contributed by atoms with Gasteiger partial charge in [-0.05, 0) is 39.2 Å². The average Bonchev–Trinajstić information content (AvgIpc) is 3.20. The van der Waals surface area contributed by atoms with Gasteiger partial charge in [-0.25, -0.2) is 15.0 Å². The van der Waals surface area contributed by atoms with Crippen LogP contribution in [0.4, 0.5) is 5.82 Å². The number of ketones is 1. The third-order valence-corrected chi connectivity index (χ3v) is 7.08. The van der Waals surface area contributed by atoms with Crippen LogP contribution in [0.2, 0.25) is 0 Å².